The molecule has 0 aromatic heterocycles. The van der Waals surface area contributed by atoms with E-state index in [1.54, 1.807) is 7.11 Å². The summed E-state index contributed by atoms with van der Waals surface area (Å²) in [6.45, 7) is 4.93. The Morgan fingerprint density at radius 1 is 1.15 bits per heavy atom. The highest BCUT2D eigenvalue weighted by Crippen LogP contribution is 2.35. The Balaban J connectivity index is 1.60. The molecule has 2 aromatic carbocycles. The van der Waals surface area contributed by atoms with Crippen molar-refractivity contribution in [2.45, 2.75) is 13.0 Å². The van der Waals surface area contributed by atoms with Gasteiger partial charge in [0.05, 0.1) is 23.4 Å². The fraction of sp³-hybridized carbons (Fsp3) is 0.381. The number of carbonyl (C=O) groups excluding carboxylic acids is 1. The molecule has 1 saturated heterocycles. The Kier molecular flexibility index (Phi) is 5.23. The molecule has 2 heterocycles. The molecule has 4 rings (SSSR count). The summed E-state index contributed by atoms with van der Waals surface area (Å²) in [5, 5.41) is 3.94. The molecule has 0 unspecified atom stereocenters. The van der Waals surface area contributed by atoms with Crippen LogP contribution in [-0.4, -0.2) is 50.6 Å². The van der Waals surface area contributed by atoms with Crippen LogP contribution in [0.2, 0.25) is 5.02 Å². The first-order valence-electron chi connectivity index (χ1n) is 9.36. The quantitative estimate of drug-likeness (QED) is 0.878. The Bertz CT molecular complexity index is 849. The van der Waals surface area contributed by atoms with Crippen molar-refractivity contribution in [3.05, 3.63) is 58.1 Å². The summed E-state index contributed by atoms with van der Waals surface area (Å²) in [4.78, 5) is 17.3. The van der Waals surface area contributed by atoms with Crippen LogP contribution in [-0.2, 0) is 13.0 Å². The van der Waals surface area contributed by atoms with Crippen molar-refractivity contribution in [1.29, 1.82) is 0 Å². The lowest BCUT2D eigenvalue weighted by atomic mass is 9.97. The minimum atomic E-state index is 0.0149. The van der Waals surface area contributed by atoms with Crippen LogP contribution in [0.4, 0.5) is 5.69 Å². The summed E-state index contributed by atoms with van der Waals surface area (Å²) in [6.07, 6.45) is 0.826. The van der Waals surface area contributed by atoms with E-state index in [9.17, 15) is 4.79 Å². The van der Waals surface area contributed by atoms with Gasteiger partial charge in [0.1, 0.15) is 5.75 Å². The summed E-state index contributed by atoms with van der Waals surface area (Å²) in [5.74, 6) is 0.817. The number of carbonyl (C=O) groups is 1. The number of rotatable bonds is 4. The highest BCUT2D eigenvalue weighted by Gasteiger charge is 2.29. The molecule has 0 bridgehead atoms. The van der Waals surface area contributed by atoms with E-state index in [0.717, 1.165) is 55.2 Å². The van der Waals surface area contributed by atoms with E-state index < -0.39 is 0 Å². The Labute approximate surface area is 164 Å². The van der Waals surface area contributed by atoms with Crippen molar-refractivity contribution in [3.8, 4) is 5.75 Å². The van der Waals surface area contributed by atoms with Crippen LogP contribution in [0.3, 0.4) is 0 Å². The number of hydrogen-bond acceptors (Lipinski definition) is 4. The van der Waals surface area contributed by atoms with Gasteiger partial charge < -0.3 is 19.9 Å². The number of benzene rings is 2. The molecule has 1 fully saturated rings. The van der Waals surface area contributed by atoms with Gasteiger partial charge in [0.25, 0.3) is 5.91 Å². The van der Waals surface area contributed by atoms with Gasteiger partial charge in [0.2, 0.25) is 0 Å². The summed E-state index contributed by atoms with van der Waals surface area (Å²) >= 11 is 6.74. The number of fused-ring (bicyclic) bond motifs is 1. The monoisotopic (exact) mass is 385 g/mol. The molecule has 2 aliphatic rings. The first-order chi connectivity index (χ1) is 13.2. The minimum Gasteiger partial charge on any atom is -0.497 e. The first-order valence-corrected chi connectivity index (χ1v) is 9.74. The number of halogens is 1. The molecule has 0 atom stereocenters. The van der Waals surface area contributed by atoms with Gasteiger partial charge in [-0.3, -0.25) is 4.79 Å². The van der Waals surface area contributed by atoms with Crippen LogP contribution in [0.25, 0.3) is 0 Å². The SMILES string of the molecule is COc1cccc(CN2CCc3ccc(N4CCNCC4)c(Cl)c3C2=O)c1. The van der Waals surface area contributed by atoms with Gasteiger partial charge >= 0.3 is 0 Å². The van der Waals surface area contributed by atoms with Gasteiger partial charge in [-0.2, -0.15) is 0 Å². The summed E-state index contributed by atoms with van der Waals surface area (Å²) in [6, 6.07) is 12.0. The smallest absolute Gasteiger partial charge is 0.256 e. The van der Waals surface area contributed by atoms with E-state index in [1.165, 1.54) is 0 Å². The van der Waals surface area contributed by atoms with E-state index in [-0.39, 0.29) is 5.91 Å². The van der Waals surface area contributed by atoms with E-state index in [4.69, 9.17) is 16.3 Å². The molecule has 1 amide bonds. The van der Waals surface area contributed by atoms with Gasteiger partial charge in [-0.15, -0.1) is 0 Å². The highest BCUT2D eigenvalue weighted by atomic mass is 35.5. The standard InChI is InChI=1S/C21H24ClN3O2/c1-27-17-4-2-3-15(13-17)14-25-10-7-16-5-6-18(20(22)19(16)21(25)26)24-11-8-23-9-12-24/h2-6,13,23H,7-12,14H2,1H3. The molecule has 5 nitrogen and oxygen atoms in total. The molecule has 0 radical (unpaired) electrons. The topological polar surface area (TPSA) is 44.8 Å². The van der Waals surface area contributed by atoms with Crippen LogP contribution >= 0.6 is 11.6 Å². The number of nitrogens with one attached hydrogen (secondary N) is 1. The molecule has 27 heavy (non-hydrogen) atoms. The number of ether oxygens (including phenoxy) is 1. The molecule has 2 aliphatic heterocycles. The van der Waals surface area contributed by atoms with Crippen molar-refractivity contribution in [2.24, 2.45) is 0 Å². The number of piperazine rings is 1. The largest absolute Gasteiger partial charge is 0.497 e. The Morgan fingerprint density at radius 2 is 1.96 bits per heavy atom. The maximum Gasteiger partial charge on any atom is 0.256 e. The van der Waals surface area contributed by atoms with Crippen molar-refractivity contribution in [1.82, 2.24) is 10.2 Å². The molecule has 2 aromatic rings. The van der Waals surface area contributed by atoms with Gasteiger partial charge in [-0.1, -0.05) is 29.8 Å². The number of hydrogen-bond donors (Lipinski definition) is 1. The van der Waals surface area contributed by atoms with Crippen LogP contribution in [0.15, 0.2) is 36.4 Å². The summed E-state index contributed by atoms with van der Waals surface area (Å²) in [5.41, 5.74) is 3.74. The zero-order chi connectivity index (χ0) is 18.8. The molecule has 0 aliphatic carbocycles. The molecular weight excluding hydrogens is 362 g/mol. The average molecular weight is 386 g/mol. The molecule has 0 spiro atoms. The van der Waals surface area contributed by atoms with Gasteiger partial charge in [0, 0.05) is 39.3 Å². The molecular formula is C21H24ClN3O2. The first kappa shape index (κ1) is 18.1. The lowest BCUT2D eigenvalue weighted by molar-refractivity contribution is 0.0727. The Morgan fingerprint density at radius 3 is 2.74 bits per heavy atom. The predicted molar refractivity (Wildman–Crippen MR) is 108 cm³/mol. The molecule has 142 valence electrons. The number of nitrogens with zero attached hydrogens (tertiary/aromatic N) is 2. The van der Waals surface area contributed by atoms with Crippen molar-refractivity contribution >= 4 is 23.2 Å². The summed E-state index contributed by atoms with van der Waals surface area (Å²) in [7, 11) is 1.65. The second-order valence-electron chi connectivity index (χ2n) is 7.00. The number of methoxy groups -OCH3 is 1. The van der Waals surface area contributed by atoms with Crippen molar-refractivity contribution < 1.29 is 9.53 Å². The fourth-order valence-corrected chi connectivity index (χ4v) is 4.24. The third-order valence-corrected chi connectivity index (χ3v) is 5.71. The summed E-state index contributed by atoms with van der Waals surface area (Å²) < 4.78 is 5.29. The van der Waals surface area contributed by atoms with Gasteiger partial charge in [0.15, 0.2) is 0 Å². The zero-order valence-electron chi connectivity index (χ0n) is 15.5. The van der Waals surface area contributed by atoms with Crippen LogP contribution in [0, 0.1) is 0 Å². The van der Waals surface area contributed by atoms with Crippen LogP contribution < -0.4 is 15.0 Å². The highest BCUT2D eigenvalue weighted by molar-refractivity contribution is 6.36. The lowest BCUT2D eigenvalue weighted by Crippen LogP contribution is -2.44. The second-order valence-corrected chi connectivity index (χ2v) is 7.38. The van der Waals surface area contributed by atoms with Crippen LogP contribution in [0.1, 0.15) is 21.5 Å². The number of anilines is 1. The maximum atomic E-state index is 13.2. The van der Waals surface area contributed by atoms with E-state index in [2.05, 4.69) is 22.3 Å². The molecule has 6 heteroatoms. The predicted octanol–water partition coefficient (Wildman–Crippen LogP) is 2.96. The van der Waals surface area contributed by atoms with Gasteiger partial charge in [-0.25, -0.2) is 0 Å². The van der Waals surface area contributed by atoms with E-state index >= 15 is 0 Å². The third-order valence-electron chi connectivity index (χ3n) is 5.33. The second kappa shape index (κ2) is 7.79. The molecule has 0 saturated carbocycles. The minimum absolute atomic E-state index is 0.0149. The fourth-order valence-electron chi connectivity index (χ4n) is 3.85. The van der Waals surface area contributed by atoms with E-state index in [0.29, 0.717) is 23.7 Å². The van der Waals surface area contributed by atoms with E-state index in [1.807, 2.05) is 29.2 Å². The molecule has 1 N–H and O–H groups in total. The van der Waals surface area contributed by atoms with Gasteiger partial charge in [-0.05, 0) is 35.7 Å². The van der Waals surface area contributed by atoms with Crippen molar-refractivity contribution in [2.75, 3.05) is 44.7 Å². The average Bonchev–Trinajstić information content (AvgIpc) is 2.71. The lowest BCUT2D eigenvalue weighted by Gasteiger charge is -2.33. The number of amides is 1. The normalized spacial score (nSPS) is 17.0. The van der Waals surface area contributed by atoms with Crippen LogP contribution in [0.5, 0.6) is 5.75 Å². The Hall–Kier alpha value is -2.24. The van der Waals surface area contributed by atoms with Crippen molar-refractivity contribution in [3.63, 3.8) is 0 Å². The third kappa shape index (κ3) is 3.62. The maximum absolute atomic E-state index is 13.2. The zero-order valence-corrected chi connectivity index (χ0v) is 16.3.